The molecule has 2 amide bonds. The average molecular weight is 474 g/mol. The number of rotatable bonds is 4. The van der Waals surface area contributed by atoms with Crippen LogP contribution >= 0.6 is 0 Å². The number of fused-ring (bicyclic) bond motifs is 1. The minimum Gasteiger partial charge on any atom is -0.316 e. The summed E-state index contributed by atoms with van der Waals surface area (Å²) in [5.74, 6) is -1.49. The minimum absolute atomic E-state index is 0.139. The normalized spacial score (nSPS) is 27.4. The molecule has 4 heterocycles. The molecule has 3 aliphatic rings. The number of aromatic nitrogens is 2. The lowest BCUT2D eigenvalue weighted by Crippen LogP contribution is -2.43. The van der Waals surface area contributed by atoms with Gasteiger partial charge in [-0.2, -0.15) is 5.10 Å². The maximum atomic E-state index is 15.8. The molecular formula is C25H33F2N5O2. The number of halogens is 2. The molecule has 34 heavy (non-hydrogen) atoms. The summed E-state index contributed by atoms with van der Waals surface area (Å²) in [5, 5.41) is 10.4. The molecule has 1 aromatic carbocycles. The molecule has 3 aliphatic heterocycles. The van der Waals surface area contributed by atoms with Crippen LogP contribution in [0.5, 0.6) is 0 Å². The molecule has 3 atom stereocenters. The van der Waals surface area contributed by atoms with Crippen LogP contribution in [0, 0.1) is 23.5 Å². The first-order valence-corrected chi connectivity index (χ1v) is 12.4. The number of nitrogens with zero attached hydrogens (tertiary/aromatic N) is 3. The number of aryl methyl sites for hydroxylation is 1. The quantitative estimate of drug-likeness (QED) is 0.668. The van der Waals surface area contributed by atoms with Gasteiger partial charge in [-0.3, -0.25) is 19.6 Å². The lowest BCUT2D eigenvalue weighted by molar-refractivity contribution is -0.134. The van der Waals surface area contributed by atoms with Crippen LogP contribution in [0.4, 0.5) is 8.78 Å². The summed E-state index contributed by atoms with van der Waals surface area (Å²) in [4.78, 5) is 26.3. The van der Waals surface area contributed by atoms with Crippen molar-refractivity contribution in [3.8, 4) is 0 Å². The molecular weight excluding hydrogens is 440 g/mol. The lowest BCUT2D eigenvalue weighted by atomic mass is 9.84. The predicted molar refractivity (Wildman–Crippen MR) is 124 cm³/mol. The third-order valence-electron chi connectivity index (χ3n) is 8.11. The summed E-state index contributed by atoms with van der Waals surface area (Å²) in [6.07, 6.45) is 3.09. The van der Waals surface area contributed by atoms with Crippen LogP contribution in [0.25, 0.3) is 10.9 Å². The number of carbonyl (C=O) groups excluding carboxylic acids is 2. The van der Waals surface area contributed by atoms with Crippen molar-refractivity contribution >= 4 is 22.7 Å². The minimum atomic E-state index is -0.688. The van der Waals surface area contributed by atoms with E-state index in [1.54, 1.807) is 7.05 Å². The van der Waals surface area contributed by atoms with Gasteiger partial charge in [-0.25, -0.2) is 8.78 Å². The number of piperidine rings is 3. The molecule has 0 radical (unpaired) electrons. The highest BCUT2D eigenvalue weighted by Crippen LogP contribution is 2.38. The number of likely N-dealkylation sites (tertiary alicyclic amines) is 1. The van der Waals surface area contributed by atoms with Crippen molar-refractivity contribution in [1.29, 1.82) is 0 Å². The summed E-state index contributed by atoms with van der Waals surface area (Å²) >= 11 is 0. The Labute approximate surface area is 198 Å². The third kappa shape index (κ3) is 4.24. The zero-order chi connectivity index (χ0) is 24.0. The van der Waals surface area contributed by atoms with Crippen molar-refractivity contribution in [2.45, 2.75) is 50.9 Å². The SMILES string of the molecule is C[C@@H]1CNCC[C@@H]1CN1CCC(c2c(F)cc3c(C4CCC(=O)NC4=O)nn(C)c3c2F)CC1. The zero-order valence-electron chi connectivity index (χ0n) is 19.9. The van der Waals surface area contributed by atoms with Crippen molar-refractivity contribution in [1.82, 2.24) is 25.3 Å². The summed E-state index contributed by atoms with van der Waals surface area (Å²) < 4.78 is 32.5. The van der Waals surface area contributed by atoms with Gasteiger partial charge in [-0.05, 0) is 75.7 Å². The molecule has 9 heteroatoms. The molecule has 1 unspecified atom stereocenters. The van der Waals surface area contributed by atoms with Gasteiger partial charge < -0.3 is 10.2 Å². The molecule has 0 aliphatic carbocycles. The summed E-state index contributed by atoms with van der Waals surface area (Å²) in [5.41, 5.74) is 0.694. The largest absolute Gasteiger partial charge is 0.316 e. The van der Waals surface area contributed by atoms with E-state index in [9.17, 15) is 9.59 Å². The fourth-order valence-electron chi connectivity index (χ4n) is 6.06. The van der Waals surface area contributed by atoms with Crippen LogP contribution in [-0.2, 0) is 16.6 Å². The van der Waals surface area contributed by atoms with Crippen LogP contribution in [-0.4, -0.2) is 59.2 Å². The Morgan fingerprint density at radius 3 is 2.62 bits per heavy atom. The van der Waals surface area contributed by atoms with Gasteiger partial charge in [0.25, 0.3) is 0 Å². The molecule has 0 spiro atoms. The van der Waals surface area contributed by atoms with Gasteiger partial charge in [0.05, 0.1) is 11.6 Å². The number of imide groups is 1. The van der Waals surface area contributed by atoms with E-state index < -0.39 is 23.5 Å². The van der Waals surface area contributed by atoms with E-state index in [1.807, 2.05) is 0 Å². The molecule has 2 N–H and O–H groups in total. The molecule has 3 fully saturated rings. The van der Waals surface area contributed by atoms with Crippen LogP contribution in [0.3, 0.4) is 0 Å². The van der Waals surface area contributed by atoms with Crippen molar-refractivity contribution in [3.63, 3.8) is 0 Å². The maximum Gasteiger partial charge on any atom is 0.235 e. The highest BCUT2D eigenvalue weighted by Gasteiger charge is 2.35. The predicted octanol–water partition coefficient (Wildman–Crippen LogP) is 2.80. The van der Waals surface area contributed by atoms with E-state index in [1.165, 1.54) is 17.2 Å². The van der Waals surface area contributed by atoms with Gasteiger partial charge >= 0.3 is 0 Å². The Kier molecular flexibility index (Phi) is 6.41. The molecule has 184 valence electrons. The van der Waals surface area contributed by atoms with Crippen molar-refractivity contribution < 1.29 is 18.4 Å². The smallest absolute Gasteiger partial charge is 0.235 e. The standard InChI is InChI=1S/C25H33F2N5O2/c1-14-12-28-8-5-16(14)13-32-9-6-15(7-10-32)21-19(26)11-18-23(30-31(2)24(18)22(21)27)17-3-4-20(33)29-25(17)34/h11,14-17,28H,3-10,12-13H2,1-2H3,(H,29,33,34)/t14-,16-,17?/m1/s1. The molecule has 3 saturated heterocycles. The molecule has 5 rings (SSSR count). The number of carbonyl (C=O) groups is 2. The van der Waals surface area contributed by atoms with Gasteiger partial charge in [0.2, 0.25) is 11.8 Å². The topological polar surface area (TPSA) is 79.3 Å². The van der Waals surface area contributed by atoms with Crippen molar-refractivity contribution in [2.75, 3.05) is 32.7 Å². The Morgan fingerprint density at radius 2 is 1.91 bits per heavy atom. The first-order valence-electron chi connectivity index (χ1n) is 12.4. The Bertz CT molecular complexity index is 1110. The van der Waals surface area contributed by atoms with Gasteiger partial charge in [0.1, 0.15) is 11.3 Å². The van der Waals surface area contributed by atoms with Crippen molar-refractivity contribution in [2.24, 2.45) is 18.9 Å². The average Bonchev–Trinajstić information content (AvgIpc) is 3.12. The Hall–Kier alpha value is -2.39. The lowest BCUT2D eigenvalue weighted by Gasteiger charge is -2.38. The second-order valence-corrected chi connectivity index (χ2v) is 10.3. The molecule has 1 aromatic heterocycles. The van der Waals surface area contributed by atoms with E-state index in [0.29, 0.717) is 22.9 Å². The highest BCUT2D eigenvalue weighted by molar-refractivity contribution is 6.02. The number of benzene rings is 1. The highest BCUT2D eigenvalue weighted by atomic mass is 19.1. The zero-order valence-corrected chi connectivity index (χ0v) is 19.9. The number of hydrogen-bond donors (Lipinski definition) is 2. The monoisotopic (exact) mass is 473 g/mol. The first-order chi connectivity index (χ1) is 16.3. The Morgan fingerprint density at radius 1 is 1.15 bits per heavy atom. The third-order valence-corrected chi connectivity index (χ3v) is 8.11. The fourth-order valence-corrected chi connectivity index (χ4v) is 6.06. The van der Waals surface area contributed by atoms with E-state index in [-0.39, 0.29) is 35.7 Å². The fraction of sp³-hybridized carbons (Fsp3) is 0.640. The Balaban J connectivity index is 1.36. The van der Waals surface area contributed by atoms with Gasteiger partial charge in [0.15, 0.2) is 5.82 Å². The van der Waals surface area contributed by atoms with Gasteiger partial charge in [0, 0.05) is 31.0 Å². The molecule has 0 saturated carbocycles. The second kappa shape index (κ2) is 9.34. The summed E-state index contributed by atoms with van der Waals surface area (Å²) in [6.45, 7) is 7.14. The molecule has 7 nitrogen and oxygen atoms in total. The van der Waals surface area contributed by atoms with Crippen LogP contribution < -0.4 is 10.6 Å². The maximum absolute atomic E-state index is 15.8. The van der Waals surface area contributed by atoms with Gasteiger partial charge in [-0.15, -0.1) is 0 Å². The summed E-state index contributed by atoms with van der Waals surface area (Å²) in [7, 11) is 1.62. The van der Waals surface area contributed by atoms with Crippen LogP contribution in [0.15, 0.2) is 6.07 Å². The first kappa shape index (κ1) is 23.4. The number of nitrogens with one attached hydrogen (secondary N) is 2. The van der Waals surface area contributed by atoms with E-state index in [2.05, 4.69) is 27.6 Å². The van der Waals surface area contributed by atoms with Crippen LogP contribution in [0.2, 0.25) is 0 Å². The van der Waals surface area contributed by atoms with Gasteiger partial charge in [-0.1, -0.05) is 6.92 Å². The van der Waals surface area contributed by atoms with E-state index in [0.717, 1.165) is 45.6 Å². The molecule has 0 bridgehead atoms. The number of amides is 2. The number of hydrogen-bond acceptors (Lipinski definition) is 5. The second-order valence-electron chi connectivity index (χ2n) is 10.3. The summed E-state index contributed by atoms with van der Waals surface area (Å²) in [6, 6.07) is 1.34. The van der Waals surface area contributed by atoms with Crippen LogP contribution in [0.1, 0.15) is 62.1 Å². The van der Waals surface area contributed by atoms with E-state index in [4.69, 9.17) is 0 Å². The van der Waals surface area contributed by atoms with Crippen molar-refractivity contribution in [3.05, 3.63) is 29.0 Å². The van der Waals surface area contributed by atoms with E-state index >= 15 is 8.78 Å². The molecule has 2 aromatic rings.